The SMILES string of the molecule is COc1ccccc1NC(=O)CN1C(=O)N(Cc2ccc(F)cc2)C(=O)C2CCCNC21. The van der Waals surface area contributed by atoms with Crippen molar-refractivity contribution in [1.29, 1.82) is 0 Å². The van der Waals surface area contributed by atoms with E-state index in [0.717, 1.165) is 11.3 Å². The molecule has 0 aliphatic carbocycles. The van der Waals surface area contributed by atoms with Crippen LogP contribution in [-0.4, -0.2) is 54.0 Å². The highest BCUT2D eigenvalue weighted by atomic mass is 19.1. The minimum absolute atomic E-state index is 0.0196. The number of nitrogens with one attached hydrogen (secondary N) is 2. The third-order valence-electron chi connectivity index (χ3n) is 5.77. The molecule has 2 aromatic rings. The lowest BCUT2D eigenvalue weighted by Gasteiger charge is -2.46. The van der Waals surface area contributed by atoms with E-state index in [1.807, 2.05) is 0 Å². The van der Waals surface area contributed by atoms with Gasteiger partial charge in [-0.3, -0.25) is 24.7 Å². The van der Waals surface area contributed by atoms with Gasteiger partial charge in [-0.1, -0.05) is 24.3 Å². The van der Waals surface area contributed by atoms with E-state index in [0.29, 0.717) is 30.0 Å². The van der Waals surface area contributed by atoms with Gasteiger partial charge in [-0.2, -0.15) is 0 Å². The largest absolute Gasteiger partial charge is 0.495 e. The first-order valence-corrected chi connectivity index (χ1v) is 10.5. The van der Waals surface area contributed by atoms with Crippen LogP contribution in [0, 0.1) is 11.7 Å². The fraction of sp³-hybridized carbons (Fsp3) is 0.348. The van der Waals surface area contributed by atoms with E-state index >= 15 is 0 Å². The molecule has 0 radical (unpaired) electrons. The fourth-order valence-corrected chi connectivity index (χ4v) is 4.20. The summed E-state index contributed by atoms with van der Waals surface area (Å²) in [6.07, 6.45) is 0.873. The number of halogens is 1. The fourth-order valence-electron chi connectivity index (χ4n) is 4.20. The molecule has 2 aliphatic heterocycles. The van der Waals surface area contributed by atoms with Crippen molar-refractivity contribution in [2.75, 3.05) is 25.5 Å². The average Bonchev–Trinajstić information content (AvgIpc) is 2.81. The highest BCUT2D eigenvalue weighted by Crippen LogP contribution is 2.29. The number of amides is 4. The summed E-state index contributed by atoms with van der Waals surface area (Å²) in [4.78, 5) is 41.8. The molecule has 2 aromatic carbocycles. The van der Waals surface area contributed by atoms with Crippen molar-refractivity contribution >= 4 is 23.5 Å². The van der Waals surface area contributed by atoms with Gasteiger partial charge in [0.2, 0.25) is 11.8 Å². The molecule has 2 unspecified atom stereocenters. The summed E-state index contributed by atoms with van der Waals surface area (Å²) in [5, 5.41) is 6.00. The van der Waals surface area contributed by atoms with Crippen LogP contribution in [0.25, 0.3) is 0 Å². The summed E-state index contributed by atoms with van der Waals surface area (Å²) in [5.74, 6) is -1.01. The van der Waals surface area contributed by atoms with Gasteiger partial charge in [-0.25, -0.2) is 9.18 Å². The Morgan fingerprint density at radius 3 is 2.69 bits per heavy atom. The normalized spacial score (nSPS) is 20.7. The number of para-hydroxylation sites is 2. The number of fused-ring (bicyclic) bond motifs is 1. The molecule has 0 bridgehead atoms. The maximum absolute atomic E-state index is 13.3. The first-order chi connectivity index (χ1) is 15.5. The zero-order valence-electron chi connectivity index (χ0n) is 17.7. The number of benzene rings is 2. The molecule has 32 heavy (non-hydrogen) atoms. The third-order valence-corrected chi connectivity index (χ3v) is 5.77. The van der Waals surface area contributed by atoms with Crippen LogP contribution in [0.15, 0.2) is 48.5 Å². The number of piperidine rings is 1. The Morgan fingerprint density at radius 2 is 1.94 bits per heavy atom. The number of carbonyl (C=O) groups excluding carboxylic acids is 3. The number of hydrogen-bond donors (Lipinski definition) is 2. The van der Waals surface area contributed by atoms with Crippen LogP contribution in [0.3, 0.4) is 0 Å². The minimum Gasteiger partial charge on any atom is -0.495 e. The molecule has 0 saturated carbocycles. The number of urea groups is 1. The molecule has 8 nitrogen and oxygen atoms in total. The molecule has 168 valence electrons. The average molecular weight is 440 g/mol. The highest BCUT2D eigenvalue weighted by Gasteiger charge is 2.47. The molecule has 2 atom stereocenters. The van der Waals surface area contributed by atoms with Crippen LogP contribution in [0.1, 0.15) is 18.4 Å². The molecule has 4 amide bonds. The Kier molecular flexibility index (Phi) is 6.36. The summed E-state index contributed by atoms with van der Waals surface area (Å²) >= 11 is 0. The smallest absolute Gasteiger partial charge is 0.328 e. The quantitative estimate of drug-likeness (QED) is 0.721. The van der Waals surface area contributed by atoms with Gasteiger partial charge in [0, 0.05) is 0 Å². The van der Waals surface area contributed by atoms with E-state index in [1.165, 1.54) is 24.1 Å². The van der Waals surface area contributed by atoms with E-state index in [9.17, 15) is 18.8 Å². The molecule has 2 aliphatic rings. The first-order valence-electron chi connectivity index (χ1n) is 10.5. The number of imide groups is 1. The summed E-state index contributed by atoms with van der Waals surface area (Å²) in [5.41, 5.74) is 1.13. The molecule has 2 N–H and O–H groups in total. The van der Waals surface area contributed by atoms with Crippen LogP contribution in [-0.2, 0) is 16.1 Å². The predicted octanol–water partition coefficient (Wildman–Crippen LogP) is 2.56. The topological polar surface area (TPSA) is 91.0 Å². The number of nitrogens with zero attached hydrogens (tertiary/aromatic N) is 2. The molecule has 4 rings (SSSR count). The van der Waals surface area contributed by atoms with Crippen LogP contribution < -0.4 is 15.4 Å². The van der Waals surface area contributed by atoms with Gasteiger partial charge < -0.3 is 10.1 Å². The number of carbonyl (C=O) groups is 3. The molecule has 9 heteroatoms. The van der Waals surface area contributed by atoms with Crippen LogP contribution >= 0.6 is 0 Å². The van der Waals surface area contributed by atoms with Crippen LogP contribution in [0.5, 0.6) is 5.75 Å². The second-order valence-electron chi connectivity index (χ2n) is 7.86. The number of ether oxygens (including phenoxy) is 1. The minimum atomic E-state index is -0.551. The Balaban J connectivity index is 1.54. The van der Waals surface area contributed by atoms with Crippen molar-refractivity contribution in [3.63, 3.8) is 0 Å². The lowest BCUT2D eigenvalue weighted by atomic mass is 9.91. The van der Waals surface area contributed by atoms with Crippen molar-refractivity contribution in [2.24, 2.45) is 5.92 Å². The summed E-state index contributed by atoms with van der Waals surface area (Å²) < 4.78 is 18.5. The van der Waals surface area contributed by atoms with Gasteiger partial charge >= 0.3 is 6.03 Å². The molecule has 2 saturated heterocycles. The maximum Gasteiger partial charge on any atom is 0.328 e. The van der Waals surface area contributed by atoms with Crippen LogP contribution in [0.2, 0.25) is 0 Å². The van der Waals surface area contributed by atoms with Crippen molar-refractivity contribution in [1.82, 2.24) is 15.1 Å². The standard InChI is InChI=1S/C23H25FN4O4/c1-32-19-7-3-2-6-18(19)26-20(29)14-27-21-17(5-4-12-25-21)22(30)28(23(27)31)13-15-8-10-16(24)11-9-15/h2-3,6-11,17,21,25H,4-5,12-14H2,1H3,(H,26,29). The van der Waals surface area contributed by atoms with Gasteiger partial charge in [0.05, 0.1) is 31.4 Å². The van der Waals surface area contributed by atoms with E-state index in [4.69, 9.17) is 4.74 Å². The molecule has 2 heterocycles. The third kappa shape index (κ3) is 4.43. The van der Waals surface area contributed by atoms with Gasteiger partial charge in [0.1, 0.15) is 18.1 Å². The van der Waals surface area contributed by atoms with Gasteiger partial charge in [0.25, 0.3) is 0 Å². The summed E-state index contributed by atoms with van der Waals surface area (Å²) in [6, 6.07) is 12.1. The highest BCUT2D eigenvalue weighted by molar-refractivity contribution is 6.01. The lowest BCUT2D eigenvalue weighted by Crippen LogP contribution is -2.68. The van der Waals surface area contributed by atoms with E-state index in [1.54, 1.807) is 36.4 Å². The van der Waals surface area contributed by atoms with Gasteiger partial charge in [-0.05, 0) is 49.2 Å². The Labute approximate surface area is 185 Å². The summed E-state index contributed by atoms with van der Waals surface area (Å²) in [6.45, 7) is 0.453. The van der Waals surface area contributed by atoms with E-state index < -0.39 is 29.8 Å². The zero-order valence-corrected chi connectivity index (χ0v) is 17.7. The number of anilines is 1. The second kappa shape index (κ2) is 9.35. The number of methoxy groups -OCH3 is 1. The van der Waals surface area contributed by atoms with Crippen LogP contribution in [0.4, 0.5) is 14.9 Å². The zero-order chi connectivity index (χ0) is 22.7. The molecular weight excluding hydrogens is 415 g/mol. The van der Waals surface area contributed by atoms with Crippen molar-refractivity contribution in [3.05, 3.63) is 59.9 Å². The van der Waals surface area contributed by atoms with Gasteiger partial charge in [0.15, 0.2) is 0 Å². The maximum atomic E-state index is 13.3. The van der Waals surface area contributed by atoms with E-state index in [-0.39, 0.29) is 19.0 Å². The molecule has 0 spiro atoms. The van der Waals surface area contributed by atoms with Crippen molar-refractivity contribution < 1.29 is 23.5 Å². The van der Waals surface area contributed by atoms with Crippen molar-refractivity contribution in [2.45, 2.75) is 25.6 Å². The van der Waals surface area contributed by atoms with E-state index in [2.05, 4.69) is 10.6 Å². The monoisotopic (exact) mass is 440 g/mol. The number of hydrogen-bond acceptors (Lipinski definition) is 5. The Bertz CT molecular complexity index is 1010. The Hall–Kier alpha value is -3.46. The Morgan fingerprint density at radius 1 is 1.19 bits per heavy atom. The molecule has 2 fully saturated rings. The van der Waals surface area contributed by atoms with Gasteiger partial charge in [-0.15, -0.1) is 0 Å². The lowest BCUT2D eigenvalue weighted by molar-refractivity contribution is -0.143. The second-order valence-corrected chi connectivity index (χ2v) is 7.86. The summed E-state index contributed by atoms with van der Waals surface area (Å²) in [7, 11) is 1.51. The molecular formula is C23H25FN4O4. The van der Waals surface area contributed by atoms with Crippen molar-refractivity contribution in [3.8, 4) is 5.75 Å². The number of rotatable bonds is 6. The predicted molar refractivity (Wildman–Crippen MR) is 115 cm³/mol. The first kappa shape index (κ1) is 21.8. The molecule has 0 aromatic heterocycles.